The van der Waals surface area contributed by atoms with Crippen LogP contribution in [-0.4, -0.2) is 17.5 Å². The second kappa shape index (κ2) is 6.96. The normalized spacial score (nSPS) is 10.2. The van der Waals surface area contributed by atoms with Crippen molar-refractivity contribution >= 4 is 28.8 Å². The van der Waals surface area contributed by atoms with E-state index < -0.39 is 0 Å². The van der Waals surface area contributed by atoms with Gasteiger partial charge in [0.25, 0.3) is 0 Å². The lowest BCUT2D eigenvalue weighted by Gasteiger charge is -2.12. The van der Waals surface area contributed by atoms with Gasteiger partial charge in [-0.05, 0) is 18.1 Å². The molecular weight excluding hydrogens is 248 g/mol. The van der Waals surface area contributed by atoms with Gasteiger partial charge in [0, 0.05) is 6.42 Å². The Bertz CT molecular complexity index is 433. The fraction of sp³-hybridized carbons (Fsp3) is 0.385. The molecule has 0 atom stereocenters. The molecule has 1 aromatic rings. The molecule has 0 aliphatic rings. The lowest BCUT2D eigenvalue weighted by Crippen LogP contribution is -2.19. The number of nitrogens with two attached hydrogens (primary N) is 1. The van der Waals surface area contributed by atoms with Gasteiger partial charge in [-0.25, -0.2) is 0 Å². The first kappa shape index (κ1) is 14.4. The highest BCUT2D eigenvalue weighted by molar-refractivity contribution is 7.80. The van der Waals surface area contributed by atoms with Crippen LogP contribution in [0, 0.1) is 5.92 Å². The van der Waals surface area contributed by atoms with Gasteiger partial charge in [-0.3, -0.25) is 4.79 Å². The number of benzene rings is 1. The van der Waals surface area contributed by atoms with E-state index in [-0.39, 0.29) is 17.5 Å². The molecule has 0 aliphatic heterocycles. The third kappa shape index (κ3) is 5.14. The van der Waals surface area contributed by atoms with E-state index in [4.69, 9.17) is 22.7 Å². The van der Waals surface area contributed by atoms with Crippen molar-refractivity contribution in [3.05, 3.63) is 24.3 Å². The van der Waals surface area contributed by atoms with Crippen LogP contribution in [0.3, 0.4) is 0 Å². The largest absolute Gasteiger partial charge is 0.484 e. The first-order valence-electron chi connectivity index (χ1n) is 5.79. The Labute approximate surface area is 113 Å². The summed E-state index contributed by atoms with van der Waals surface area (Å²) in [7, 11) is 0. The number of ether oxygens (including phenoxy) is 1. The molecule has 1 rings (SSSR count). The summed E-state index contributed by atoms with van der Waals surface area (Å²) in [4.78, 5) is 12.0. The molecule has 1 aromatic carbocycles. The molecule has 0 radical (unpaired) electrons. The Balaban J connectivity index is 2.69. The predicted molar refractivity (Wildman–Crippen MR) is 76.8 cm³/mol. The molecule has 98 valence electrons. The van der Waals surface area contributed by atoms with Crippen LogP contribution < -0.4 is 15.8 Å². The standard InChI is InChI=1S/C13H18N2O2S/c1-9(2)7-13(16)15-10-5-3-4-6-11(10)17-8-12(14)18/h3-6,9H,7-8H2,1-2H3,(H2,14,18)(H,15,16). The number of rotatable bonds is 6. The third-order valence-corrected chi connectivity index (χ3v) is 2.24. The van der Waals surface area contributed by atoms with Crippen LogP contribution >= 0.6 is 12.2 Å². The molecule has 18 heavy (non-hydrogen) atoms. The van der Waals surface area contributed by atoms with E-state index in [2.05, 4.69) is 5.32 Å². The Morgan fingerprint density at radius 3 is 2.72 bits per heavy atom. The first-order valence-corrected chi connectivity index (χ1v) is 6.20. The first-order chi connectivity index (χ1) is 8.49. The number of nitrogens with one attached hydrogen (secondary N) is 1. The smallest absolute Gasteiger partial charge is 0.224 e. The number of amides is 1. The van der Waals surface area contributed by atoms with Gasteiger partial charge < -0.3 is 15.8 Å². The molecule has 5 heteroatoms. The monoisotopic (exact) mass is 266 g/mol. The van der Waals surface area contributed by atoms with E-state index in [1.54, 1.807) is 12.1 Å². The number of anilines is 1. The quantitative estimate of drug-likeness (QED) is 0.776. The molecule has 1 amide bonds. The summed E-state index contributed by atoms with van der Waals surface area (Å²) >= 11 is 4.75. The summed E-state index contributed by atoms with van der Waals surface area (Å²) in [5, 5.41) is 2.82. The van der Waals surface area contributed by atoms with Crippen molar-refractivity contribution in [1.82, 2.24) is 0 Å². The Morgan fingerprint density at radius 1 is 1.44 bits per heavy atom. The highest BCUT2D eigenvalue weighted by atomic mass is 32.1. The molecule has 4 nitrogen and oxygen atoms in total. The van der Waals surface area contributed by atoms with Crippen LogP contribution in [-0.2, 0) is 4.79 Å². The molecule has 0 aromatic heterocycles. The van der Waals surface area contributed by atoms with Gasteiger partial charge >= 0.3 is 0 Å². The van der Waals surface area contributed by atoms with E-state index in [1.807, 2.05) is 26.0 Å². The average molecular weight is 266 g/mol. The van der Waals surface area contributed by atoms with Gasteiger partial charge in [-0.1, -0.05) is 38.2 Å². The number of para-hydroxylation sites is 2. The third-order valence-electron chi connectivity index (χ3n) is 2.12. The van der Waals surface area contributed by atoms with Crippen molar-refractivity contribution in [2.24, 2.45) is 11.7 Å². The SMILES string of the molecule is CC(C)CC(=O)Nc1ccccc1OCC(N)=S. The summed E-state index contributed by atoms with van der Waals surface area (Å²) in [6.45, 7) is 4.15. The minimum absolute atomic E-state index is 0.0311. The highest BCUT2D eigenvalue weighted by Gasteiger charge is 2.09. The maximum atomic E-state index is 11.7. The Hall–Kier alpha value is -1.62. The maximum Gasteiger partial charge on any atom is 0.224 e. The van der Waals surface area contributed by atoms with Crippen molar-refractivity contribution < 1.29 is 9.53 Å². The van der Waals surface area contributed by atoms with E-state index in [9.17, 15) is 4.79 Å². The number of thiocarbonyl (C=S) groups is 1. The van der Waals surface area contributed by atoms with Crippen molar-refractivity contribution in [3.63, 3.8) is 0 Å². The Morgan fingerprint density at radius 2 is 2.11 bits per heavy atom. The van der Waals surface area contributed by atoms with E-state index >= 15 is 0 Å². The fourth-order valence-corrected chi connectivity index (χ4v) is 1.48. The van der Waals surface area contributed by atoms with Crippen LogP contribution in [0.5, 0.6) is 5.75 Å². The molecule has 0 unspecified atom stereocenters. The maximum absolute atomic E-state index is 11.7. The van der Waals surface area contributed by atoms with E-state index in [1.165, 1.54) is 0 Å². The van der Waals surface area contributed by atoms with Gasteiger partial charge in [0.2, 0.25) is 5.91 Å². The highest BCUT2D eigenvalue weighted by Crippen LogP contribution is 2.24. The van der Waals surface area contributed by atoms with Crippen LogP contribution in [0.1, 0.15) is 20.3 Å². The lowest BCUT2D eigenvalue weighted by molar-refractivity contribution is -0.116. The minimum atomic E-state index is -0.0311. The molecule has 0 fully saturated rings. The van der Waals surface area contributed by atoms with Gasteiger partial charge in [0.1, 0.15) is 17.3 Å². The van der Waals surface area contributed by atoms with Crippen molar-refractivity contribution in [1.29, 1.82) is 0 Å². The summed E-state index contributed by atoms with van der Waals surface area (Å²) in [6, 6.07) is 7.21. The molecule has 0 heterocycles. The van der Waals surface area contributed by atoms with Crippen LogP contribution in [0.15, 0.2) is 24.3 Å². The topological polar surface area (TPSA) is 64.3 Å². The number of carbonyl (C=O) groups is 1. The molecule has 0 saturated carbocycles. The van der Waals surface area contributed by atoms with E-state index in [0.29, 0.717) is 23.8 Å². The summed E-state index contributed by atoms with van der Waals surface area (Å²) in [6.07, 6.45) is 0.476. The van der Waals surface area contributed by atoms with Crippen molar-refractivity contribution in [3.8, 4) is 5.75 Å². The predicted octanol–water partition coefficient (Wildman–Crippen LogP) is 2.34. The van der Waals surface area contributed by atoms with Gasteiger partial charge in [-0.2, -0.15) is 0 Å². The minimum Gasteiger partial charge on any atom is -0.484 e. The molecule has 0 aliphatic carbocycles. The summed E-state index contributed by atoms with van der Waals surface area (Å²) < 4.78 is 5.42. The second-order valence-electron chi connectivity index (χ2n) is 4.40. The van der Waals surface area contributed by atoms with Crippen LogP contribution in [0.4, 0.5) is 5.69 Å². The number of hydrogen-bond acceptors (Lipinski definition) is 3. The van der Waals surface area contributed by atoms with Crippen molar-refractivity contribution in [2.45, 2.75) is 20.3 Å². The molecular formula is C13H18N2O2S. The molecule has 3 N–H and O–H groups in total. The zero-order valence-electron chi connectivity index (χ0n) is 10.6. The molecule has 0 spiro atoms. The zero-order chi connectivity index (χ0) is 13.5. The number of hydrogen-bond donors (Lipinski definition) is 2. The second-order valence-corrected chi connectivity index (χ2v) is 4.92. The summed E-state index contributed by atoms with van der Waals surface area (Å²) in [5.41, 5.74) is 6.01. The Kier molecular flexibility index (Phi) is 5.58. The van der Waals surface area contributed by atoms with Gasteiger partial charge in [-0.15, -0.1) is 0 Å². The molecule has 0 saturated heterocycles. The number of carbonyl (C=O) groups excluding carboxylic acids is 1. The van der Waals surface area contributed by atoms with E-state index in [0.717, 1.165) is 0 Å². The van der Waals surface area contributed by atoms with Crippen molar-refractivity contribution in [2.75, 3.05) is 11.9 Å². The van der Waals surface area contributed by atoms with Gasteiger partial charge in [0.15, 0.2) is 0 Å². The average Bonchev–Trinajstić information content (AvgIpc) is 2.26. The zero-order valence-corrected chi connectivity index (χ0v) is 11.4. The fourth-order valence-electron chi connectivity index (χ4n) is 1.42. The van der Waals surface area contributed by atoms with Crippen LogP contribution in [0.2, 0.25) is 0 Å². The summed E-state index contributed by atoms with van der Waals surface area (Å²) in [5.74, 6) is 0.855. The molecule has 0 bridgehead atoms. The van der Waals surface area contributed by atoms with Crippen LogP contribution in [0.25, 0.3) is 0 Å². The lowest BCUT2D eigenvalue weighted by atomic mass is 10.1. The van der Waals surface area contributed by atoms with Gasteiger partial charge in [0.05, 0.1) is 5.69 Å².